The van der Waals surface area contributed by atoms with Gasteiger partial charge in [-0.3, -0.25) is 9.69 Å². The molecule has 184 valence electrons. The van der Waals surface area contributed by atoms with Crippen LogP contribution in [0.1, 0.15) is 10.4 Å². The van der Waals surface area contributed by atoms with E-state index in [1.165, 1.54) is 18.4 Å². The number of nitrogens with zero attached hydrogens (tertiary/aromatic N) is 2. The molecule has 0 unspecified atom stereocenters. The van der Waals surface area contributed by atoms with Gasteiger partial charge < -0.3 is 24.4 Å². The topological polar surface area (TPSA) is 80.3 Å². The van der Waals surface area contributed by atoms with Crippen molar-refractivity contribution in [1.82, 2.24) is 4.90 Å². The Balaban J connectivity index is 1.41. The first kappa shape index (κ1) is 24.6. The molecule has 1 aromatic heterocycles. The van der Waals surface area contributed by atoms with E-state index in [9.17, 15) is 9.59 Å². The summed E-state index contributed by atoms with van der Waals surface area (Å²) in [5.41, 5.74) is 2.98. The molecule has 1 aliphatic rings. The summed E-state index contributed by atoms with van der Waals surface area (Å²) >= 11 is 1.31. The van der Waals surface area contributed by atoms with Crippen LogP contribution in [0.2, 0.25) is 0 Å². The quantitative estimate of drug-likeness (QED) is 0.474. The second kappa shape index (κ2) is 11.2. The molecule has 1 aliphatic heterocycles. The Hall–Kier alpha value is -3.56. The van der Waals surface area contributed by atoms with Gasteiger partial charge in [0, 0.05) is 37.1 Å². The first-order valence-electron chi connectivity index (χ1n) is 11.3. The number of rotatable bonds is 8. The van der Waals surface area contributed by atoms with Gasteiger partial charge in [0.15, 0.2) is 0 Å². The number of thiophene rings is 1. The SMILES string of the molecule is COC(=O)c1c(-c2ccc(OC)cc2)csc1NC(=O)CN1CCN(c2ccccc2OC)CC1. The molecule has 3 aromatic rings. The number of anilines is 2. The van der Waals surface area contributed by atoms with Crippen LogP contribution in [0.4, 0.5) is 10.7 Å². The van der Waals surface area contributed by atoms with Gasteiger partial charge >= 0.3 is 5.97 Å². The Morgan fingerprint density at radius 1 is 0.943 bits per heavy atom. The number of benzene rings is 2. The van der Waals surface area contributed by atoms with E-state index in [0.29, 0.717) is 16.1 Å². The lowest BCUT2D eigenvalue weighted by atomic mass is 10.0. The fraction of sp³-hybridized carbons (Fsp3) is 0.308. The number of hydrogen-bond acceptors (Lipinski definition) is 8. The Bertz CT molecular complexity index is 1170. The molecule has 8 nitrogen and oxygen atoms in total. The first-order valence-corrected chi connectivity index (χ1v) is 12.2. The van der Waals surface area contributed by atoms with Gasteiger partial charge in [0.2, 0.25) is 5.91 Å². The predicted octanol–water partition coefficient (Wildman–Crippen LogP) is 3.98. The van der Waals surface area contributed by atoms with Crippen molar-refractivity contribution in [1.29, 1.82) is 0 Å². The Labute approximate surface area is 209 Å². The van der Waals surface area contributed by atoms with Crippen molar-refractivity contribution in [3.8, 4) is 22.6 Å². The predicted molar refractivity (Wildman–Crippen MR) is 138 cm³/mol. The molecule has 1 fully saturated rings. The van der Waals surface area contributed by atoms with E-state index in [2.05, 4.69) is 15.1 Å². The third kappa shape index (κ3) is 5.58. The number of carbonyl (C=O) groups excluding carboxylic acids is 2. The van der Waals surface area contributed by atoms with Gasteiger partial charge in [-0.1, -0.05) is 24.3 Å². The van der Waals surface area contributed by atoms with Crippen LogP contribution in [0, 0.1) is 0 Å². The minimum Gasteiger partial charge on any atom is -0.497 e. The number of carbonyl (C=O) groups is 2. The smallest absolute Gasteiger partial charge is 0.341 e. The van der Waals surface area contributed by atoms with Gasteiger partial charge in [-0.05, 0) is 29.8 Å². The Morgan fingerprint density at radius 2 is 1.66 bits per heavy atom. The van der Waals surface area contributed by atoms with Crippen molar-refractivity contribution >= 4 is 33.9 Å². The third-order valence-corrected chi connectivity index (χ3v) is 6.90. The van der Waals surface area contributed by atoms with E-state index >= 15 is 0 Å². The zero-order valence-corrected chi connectivity index (χ0v) is 20.9. The van der Waals surface area contributed by atoms with Gasteiger partial charge in [0.05, 0.1) is 33.6 Å². The monoisotopic (exact) mass is 495 g/mol. The van der Waals surface area contributed by atoms with Gasteiger partial charge in [-0.2, -0.15) is 0 Å². The average Bonchev–Trinajstić information content (AvgIpc) is 3.31. The van der Waals surface area contributed by atoms with Crippen molar-refractivity contribution < 1.29 is 23.8 Å². The maximum absolute atomic E-state index is 12.9. The van der Waals surface area contributed by atoms with E-state index in [1.807, 2.05) is 53.9 Å². The number of esters is 1. The van der Waals surface area contributed by atoms with Gasteiger partial charge in [0.1, 0.15) is 22.1 Å². The lowest BCUT2D eigenvalue weighted by Gasteiger charge is -2.36. The maximum atomic E-state index is 12.9. The van der Waals surface area contributed by atoms with Crippen LogP contribution in [0.15, 0.2) is 53.9 Å². The number of amides is 1. The molecule has 0 aliphatic carbocycles. The highest BCUT2D eigenvalue weighted by molar-refractivity contribution is 7.15. The normalized spacial score (nSPS) is 13.9. The highest BCUT2D eigenvalue weighted by Crippen LogP contribution is 2.37. The highest BCUT2D eigenvalue weighted by Gasteiger charge is 2.25. The summed E-state index contributed by atoms with van der Waals surface area (Å²) in [7, 11) is 4.61. The molecular formula is C26H29N3O5S. The standard InChI is InChI=1S/C26H29N3O5S/c1-32-19-10-8-18(9-11-19)20-17-35-25(24(20)26(31)34-3)27-23(30)16-28-12-14-29(15-13-28)21-6-4-5-7-22(21)33-2/h4-11,17H,12-16H2,1-3H3,(H,27,30). The molecule has 35 heavy (non-hydrogen) atoms. The molecule has 0 atom stereocenters. The van der Waals surface area contributed by atoms with Crippen LogP contribution in [-0.4, -0.2) is 70.8 Å². The summed E-state index contributed by atoms with van der Waals surface area (Å²) < 4.78 is 15.7. The fourth-order valence-corrected chi connectivity index (χ4v) is 5.12. The fourth-order valence-electron chi connectivity index (χ4n) is 4.14. The number of hydrogen-bond donors (Lipinski definition) is 1. The molecule has 9 heteroatoms. The maximum Gasteiger partial charge on any atom is 0.341 e. The van der Waals surface area contributed by atoms with Crippen LogP contribution >= 0.6 is 11.3 Å². The molecule has 1 N–H and O–H groups in total. The number of methoxy groups -OCH3 is 3. The van der Waals surface area contributed by atoms with E-state index < -0.39 is 5.97 Å². The van der Waals surface area contributed by atoms with E-state index in [1.54, 1.807) is 14.2 Å². The largest absolute Gasteiger partial charge is 0.497 e. The zero-order chi connectivity index (χ0) is 24.8. The van der Waals surface area contributed by atoms with Crippen LogP contribution in [0.3, 0.4) is 0 Å². The zero-order valence-electron chi connectivity index (χ0n) is 20.1. The second-order valence-corrected chi connectivity index (χ2v) is 8.94. The summed E-state index contributed by atoms with van der Waals surface area (Å²) in [6.45, 7) is 3.33. The molecule has 4 rings (SSSR count). The van der Waals surface area contributed by atoms with Crippen LogP contribution in [-0.2, 0) is 9.53 Å². The molecule has 2 aromatic carbocycles. The third-order valence-electron chi connectivity index (χ3n) is 6.00. The Morgan fingerprint density at radius 3 is 2.31 bits per heavy atom. The summed E-state index contributed by atoms with van der Waals surface area (Å²) in [4.78, 5) is 29.8. The molecule has 0 radical (unpaired) electrons. The summed E-state index contributed by atoms with van der Waals surface area (Å²) in [5.74, 6) is 0.920. The number of para-hydroxylation sites is 2. The second-order valence-electron chi connectivity index (χ2n) is 8.06. The molecule has 0 spiro atoms. The Kier molecular flexibility index (Phi) is 7.89. The minimum absolute atomic E-state index is 0.163. The number of piperazine rings is 1. The number of ether oxygens (including phenoxy) is 3. The minimum atomic E-state index is -0.488. The average molecular weight is 496 g/mol. The van der Waals surface area contributed by atoms with Crippen molar-refractivity contribution in [3.05, 3.63) is 59.5 Å². The lowest BCUT2D eigenvalue weighted by Crippen LogP contribution is -2.48. The van der Waals surface area contributed by atoms with Gasteiger partial charge in [-0.15, -0.1) is 11.3 Å². The van der Waals surface area contributed by atoms with E-state index in [0.717, 1.165) is 48.9 Å². The van der Waals surface area contributed by atoms with Gasteiger partial charge in [-0.25, -0.2) is 4.79 Å². The number of nitrogens with one attached hydrogen (secondary N) is 1. The van der Waals surface area contributed by atoms with Crippen molar-refractivity contribution in [3.63, 3.8) is 0 Å². The van der Waals surface area contributed by atoms with Crippen molar-refractivity contribution in [2.75, 3.05) is 64.3 Å². The molecule has 0 bridgehead atoms. The van der Waals surface area contributed by atoms with Crippen LogP contribution in [0.25, 0.3) is 11.1 Å². The summed E-state index contributed by atoms with van der Waals surface area (Å²) in [6, 6.07) is 15.4. The van der Waals surface area contributed by atoms with Crippen LogP contribution in [0.5, 0.6) is 11.5 Å². The summed E-state index contributed by atoms with van der Waals surface area (Å²) in [5, 5.41) is 5.27. The lowest BCUT2D eigenvalue weighted by molar-refractivity contribution is -0.117. The molecule has 1 saturated heterocycles. The molecule has 0 saturated carbocycles. The summed E-state index contributed by atoms with van der Waals surface area (Å²) in [6.07, 6.45) is 0. The highest BCUT2D eigenvalue weighted by atomic mass is 32.1. The first-order chi connectivity index (χ1) is 17.0. The van der Waals surface area contributed by atoms with Gasteiger partial charge in [0.25, 0.3) is 0 Å². The van der Waals surface area contributed by atoms with E-state index in [4.69, 9.17) is 14.2 Å². The molecule has 2 heterocycles. The van der Waals surface area contributed by atoms with Crippen molar-refractivity contribution in [2.45, 2.75) is 0 Å². The molecule has 1 amide bonds. The van der Waals surface area contributed by atoms with Crippen LogP contribution < -0.4 is 19.7 Å². The molecular weight excluding hydrogens is 466 g/mol. The van der Waals surface area contributed by atoms with E-state index in [-0.39, 0.29) is 12.5 Å². The van der Waals surface area contributed by atoms with Crippen molar-refractivity contribution in [2.24, 2.45) is 0 Å².